The van der Waals surface area contributed by atoms with E-state index in [2.05, 4.69) is 43.3 Å². The molecule has 1 atom stereocenters. The van der Waals surface area contributed by atoms with E-state index >= 15 is 0 Å². The molecule has 0 aromatic heterocycles. The molecule has 2 nitrogen and oxygen atoms in total. The number of carbonyl (C=O) groups is 1. The molecule has 0 saturated heterocycles. The third-order valence-corrected chi connectivity index (χ3v) is 4.50. The molecule has 1 fully saturated rings. The maximum Gasteiger partial charge on any atom is 0.132 e. The van der Waals surface area contributed by atoms with Gasteiger partial charge in [0, 0.05) is 18.9 Å². The second kappa shape index (κ2) is 5.37. The van der Waals surface area contributed by atoms with Crippen LogP contribution < -0.4 is 5.73 Å². The van der Waals surface area contributed by atoms with Crippen LogP contribution in [0, 0.1) is 12.8 Å². The van der Waals surface area contributed by atoms with Gasteiger partial charge in [0.2, 0.25) is 0 Å². The van der Waals surface area contributed by atoms with E-state index < -0.39 is 0 Å². The third-order valence-electron chi connectivity index (χ3n) is 4.50. The minimum Gasteiger partial charge on any atom is -0.324 e. The van der Waals surface area contributed by atoms with E-state index in [-0.39, 0.29) is 6.04 Å². The minimum atomic E-state index is 0.0498. The van der Waals surface area contributed by atoms with Gasteiger partial charge in [-0.3, -0.25) is 4.79 Å². The lowest BCUT2D eigenvalue weighted by atomic mass is 9.81. The first-order valence-electron chi connectivity index (χ1n) is 7.41. The molecule has 20 heavy (non-hydrogen) atoms. The number of aryl methyl sites for hydroxylation is 1. The molecule has 0 radical (unpaired) electrons. The largest absolute Gasteiger partial charge is 0.324 e. The molecule has 0 heterocycles. The van der Waals surface area contributed by atoms with Gasteiger partial charge in [0.15, 0.2) is 0 Å². The Hall–Kier alpha value is -1.67. The predicted molar refractivity (Wildman–Crippen MR) is 82.6 cm³/mol. The molecule has 2 aromatic rings. The summed E-state index contributed by atoms with van der Waals surface area (Å²) in [5.74, 6) is 0.832. The molecule has 2 heteroatoms. The number of carbonyl (C=O) groups excluding carboxylic acids is 1. The number of nitrogens with two attached hydrogens (primary N) is 1. The first-order chi connectivity index (χ1) is 9.63. The number of rotatable bonds is 2. The Balaban J connectivity index is 1.86. The van der Waals surface area contributed by atoms with E-state index in [0.717, 1.165) is 12.8 Å². The molecule has 0 bridgehead atoms. The van der Waals surface area contributed by atoms with Gasteiger partial charge < -0.3 is 5.73 Å². The van der Waals surface area contributed by atoms with E-state index in [1.54, 1.807) is 0 Å². The number of Topliss-reactive ketones (excluding diaryl/α,β-unsaturated/α-hetero) is 1. The molecule has 1 unspecified atom stereocenters. The Kier molecular flexibility index (Phi) is 3.58. The van der Waals surface area contributed by atoms with Crippen molar-refractivity contribution in [1.82, 2.24) is 0 Å². The summed E-state index contributed by atoms with van der Waals surface area (Å²) in [6.45, 7) is 2.11. The molecule has 0 aliphatic heterocycles. The van der Waals surface area contributed by atoms with Gasteiger partial charge in [0.1, 0.15) is 5.78 Å². The van der Waals surface area contributed by atoms with Gasteiger partial charge in [0.05, 0.1) is 0 Å². The average molecular weight is 267 g/mol. The summed E-state index contributed by atoms with van der Waals surface area (Å²) in [5, 5.41) is 2.51. The fourth-order valence-electron chi connectivity index (χ4n) is 3.18. The van der Waals surface area contributed by atoms with Gasteiger partial charge >= 0.3 is 0 Å². The molecule has 1 aliphatic rings. The topological polar surface area (TPSA) is 43.1 Å². The fourth-order valence-corrected chi connectivity index (χ4v) is 3.18. The summed E-state index contributed by atoms with van der Waals surface area (Å²) in [4.78, 5) is 11.3. The minimum absolute atomic E-state index is 0.0498. The molecule has 1 aliphatic carbocycles. The van der Waals surface area contributed by atoms with Crippen LogP contribution in [-0.2, 0) is 4.79 Å². The third kappa shape index (κ3) is 2.61. The van der Waals surface area contributed by atoms with E-state index in [9.17, 15) is 4.79 Å². The SMILES string of the molecule is Cc1ccc2cc(C(N)C3CCC(=O)CC3)ccc2c1. The Morgan fingerprint density at radius 1 is 1.05 bits per heavy atom. The maximum absolute atomic E-state index is 11.3. The zero-order chi connectivity index (χ0) is 14.1. The molecule has 2 N–H and O–H groups in total. The number of benzene rings is 2. The van der Waals surface area contributed by atoms with Crippen molar-refractivity contribution >= 4 is 16.6 Å². The lowest BCUT2D eigenvalue weighted by Crippen LogP contribution is -2.26. The van der Waals surface area contributed by atoms with Crippen LogP contribution in [0.5, 0.6) is 0 Å². The molecule has 0 amide bonds. The van der Waals surface area contributed by atoms with Gasteiger partial charge in [-0.1, -0.05) is 35.9 Å². The van der Waals surface area contributed by atoms with Gasteiger partial charge in [-0.25, -0.2) is 0 Å². The highest BCUT2D eigenvalue weighted by Crippen LogP contribution is 2.32. The molecule has 2 aromatic carbocycles. The zero-order valence-corrected chi connectivity index (χ0v) is 11.9. The van der Waals surface area contributed by atoms with Crippen LogP contribution in [0.1, 0.15) is 42.9 Å². The second-order valence-electron chi connectivity index (χ2n) is 6.01. The van der Waals surface area contributed by atoms with Crippen molar-refractivity contribution < 1.29 is 4.79 Å². The van der Waals surface area contributed by atoms with Crippen LogP contribution in [-0.4, -0.2) is 5.78 Å². The van der Waals surface area contributed by atoms with Crippen molar-refractivity contribution in [3.05, 3.63) is 47.5 Å². The maximum atomic E-state index is 11.3. The summed E-state index contributed by atoms with van der Waals surface area (Å²) in [5.41, 5.74) is 8.90. The summed E-state index contributed by atoms with van der Waals surface area (Å²) in [6.07, 6.45) is 3.27. The van der Waals surface area contributed by atoms with Crippen LogP contribution in [0.2, 0.25) is 0 Å². The Labute approximate surface area is 120 Å². The predicted octanol–water partition coefficient (Wildman–Crippen LogP) is 3.91. The van der Waals surface area contributed by atoms with E-state index in [1.165, 1.54) is 21.9 Å². The highest BCUT2D eigenvalue weighted by Gasteiger charge is 2.25. The Morgan fingerprint density at radius 3 is 2.45 bits per heavy atom. The van der Waals surface area contributed by atoms with E-state index in [0.29, 0.717) is 24.5 Å². The van der Waals surface area contributed by atoms with Crippen molar-refractivity contribution in [3.63, 3.8) is 0 Å². The van der Waals surface area contributed by atoms with Crippen molar-refractivity contribution in [3.8, 4) is 0 Å². The average Bonchev–Trinajstić information content (AvgIpc) is 2.47. The van der Waals surface area contributed by atoms with Crippen molar-refractivity contribution in [2.45, 2.75) is 38.6 Å². The zero-order valence-electron chi connectivity index (χ0n) is 11.9. The molecule has 3 rings (SSSR count). The highest BCUT2D eigenvalue weighted by molar-refractivity contribution is 5.84. The summed E-state index contributed by atoms with van der Waals surface area (Å²) >= 11 is 0. The van der Waals surface area contributed by atoms with Crippen molar-refractivity contribution in [2.24, 2.45) is 11.7 Å². The van der Waals surface area contributed by atoms with Gasteiger partial charge in [-0.05, 0) is 48.1 Å². The lowest BCUT2D eigenvalue weighted by Gasteiger charge is -2.27. The number of hydrogen-bond donors (Lipinski definition) is 1. The van der Waals surface area contributed by atoms with Crippen LogP contribution in [0.15, 0.2) is 36.4 Å². The number of hydrogen-bond acceptors (Lipinski definition) is 2. The first-order valence-corrected chi connectivity index (χ1v) is 7.41. The monoisotopic (exact) mass is 267 g/mol. The summed E-state index contributed by atoms with van der Waals surface area (Å²) in [6, 6.07) is 13.0. The molecule has 104 valence electrons. The standard InChI is InChI=1S/C18H21NO/c1-12-2-3-15-11-16(5-4-14(15)10-12)18(19)13-6-8-17(20)9-7-13/h2-5,10-11,13,18H,6-9,19H2,1H3. The summed E-state index contributed by atoms with van der Waals surface area (Å²) < 4.78 is 0. The van der Waals surface area contributed by atoms with Crippen LogP contribution in [0.4, 0.5) is 0 Å². The quantitative estimate of drug-likeness (QED) is 0.896. The number of fused-ring (bicyclic) bond motifs is 1. The van der Waals surface area contributed by atoms with Gasteiger partial charge in [-0.2, -0.15) is 0 Å². The van der Waals surface area contributed by atoms with E-state index in [1.807, 2.05) is 0 Å². The molecular weight excluding hydrogens is 246 g/mol. The van der Waals surface area contributed by atoms with Crippen LogP contribution >= 0.6 is 0 Å². The first kappa shape index (κ1) is 13.3. The Morgan fingerprint density at radius 2 is 1.70 bits per heavy atom. The number of ketones is 1. The molecule has 1 saturated carbocycles. The highest BCUT2D eigenvalue weighted by atomic mass is 16.1. The van der Waals surface area contributed by atoms with Crippen molar-refractivity contribution in [1.29, 1.82) is 0 Å². The van der Waals surface area contributed by atoms with Crippen LogP contribution in [0.25, 0.3) is 10.8 Å². The normalized spacial score (nSPS) is 18.4. The second-order valence-corrected chi connectivity index (χ2v) is 6.01. The smallest absolute Gasteiger partial charge is 0.132 e. The lowest BCUT2D eigenvalue weighted by molar-refractivity contribution is -0.121. The van der Waals surface area contributed by atoms with E-state index in [4.69, 9.17) is 5.73 Å². The summed E-state index contributed by atoms with van der Waals surface area (Å²) in [7, 11) is 0. The molecular formula is C18H21NO. The fraction of sp³-hybridized carbons (Fsp3) is 0.389. The van der Waals surface area contributed by atoms with Crippen molar-refractivity contribution in [2.75, 3.05) is 0 Å². The Bertz CT molecular complexity index is 637. The van der Waals surface area contributed by atoms with Gasteiger partial charge in [0.25, 0.3) is 0 Å². The van der Waals surface area contributed by atoms with Crippen LogP contribution in [0.3, 0.4) is 0 Å². The molecule has 0 spiro atoms. The van der Waals surface area contributed by atoms with Gasteiger partial charge in [-0.15, -0.1) is 0 Å².